The maximum absolute atomic E-state index is 6.41. The molecule has 0 saturated carbocycles. The third-order valence-electron chi connectivity index (χ3n) is 4.41. The van der Waals surface area contributed by atoms with Crippen LogP contribution < -0.4 is 5.32 Å². The van der Waals surface area contributed by atoms with Crippen molar-refractivity contribution < 1.29 is 0 Å². The fourth-order valence-corrected chi connectivity index (χ4v) is 3.47. The highest BCUT2D eigenvalue weighted by Crippen LogP contribution is 2.39. The molecule has 19 heavy (non-hydrogen) atoms. The second kappa shape index (κ2) is 5.31. The molecular weight excluding hydrogens is 258 g/mol. The SMILES string of the molecule is Cc1ccc(Cl)c2c1NCC2CN1CCN(C)CC1. The van der Waals surface area contributed by atoms with Crippen molar-refractivity contribution in [3.8, 4) is 0 Å². The van der Waals surface area contributed by atoms with Crippen LogP contribution in [0, 0.1) is 6.92 Å². The molecule has 1 fully saturated rings. The van der Waals surface area contributed by atoms with Crippen LogP contribution in [0.2, 0.25) is 5.02 Å². The first kappa shape index (κ1) is 13.2. The van der Waals surface area contributed by atoms with Gasteiger partial charge < -0.3 is 15.1 Å². The quantitative estimate of drug-likeness (QED) is 0.897. The van der Waals surface area contributed by atoms with E-state index >= 15 is 0 Å². The number of aryl methyl sites for hydroxylation is 1. The van der Waals surface area contributed by atoms with E-state index in [1.54, 1.807) is 0 Å². The minimum atomic E-state index is 0.533. The summed E-state index contributed by atoms with van der Waals surface area (Å²) >= 11 is 6.41. The second-order valence-electron chi connectivity index (χ2n) is 5.83. The van der Waals surface area contributed by atoms with Gasteiger partial charge >= 0.3 is 0 Å². The number of benzene rings is 1. The summed E-state index contributed by atoms with van der Waals surface area (Å²) in [4.78, 5) is 4.97. The van der Waals surface area contributed by atoms with Crippen molar-refractivity contribution in [2.45, 2.75) is 12.8 Å². The lowest BCUT2D eigenvalue weighted by Gasteiger charge is -2.34. The monoisotopic (exact) mass is 279 g/mol. The Bertz CT molecular complexity index is 467. The Labute approximate surface area is 120 Å². The van der Waals surface area contributed by atoms with Crippen LogP contribution in [0.15, 0.2) is 12.1 Å². The average Bonchev–Trinajstić information content (AvgIpc) is 2.82. The van der Waals surface area contributed by atoms with Crippen LogP contribution in [-0.2, 0) is 0 Å². The third kappa shape index (κ3) is 2.60. The van der Waals surface area contributed by atoms with Gasteiger partial charge in [-0.1, -0.05) is 17.7 Å². The molecule has 1 aromatic carbocycles. The first-order chi connectivity index (χ1) is 9.15. The second-order valence-corrected chi connectivity index (χ2v) is 6.24. The minimum absolute atomic E-state index is 0.533. The number of anilines is 1. The van der Waals surface area contributed by atoms with Crippen LogP contribution in [0.1, 0.15) is 17.0 Å². The number of hydrogen-bond acceptors (Lipinski definition) is 3. The largest absolute Gasteiger partial charge is 0.384 e. The number of fused-ring (bicyclic) bond motifs is 1. The topological polar surface area (TPSA) is 18.5 Å². The predicted octanol–water partition coefficient (Wildman–Crippen LogP) is 2.40. The molecule has 2 aliphatic heterocycles. The molecule has 2 aliphatic rings. The van der Waals surface area contributed by atoms with Gasteiger partial charge in [0.1, 0.15) is 0 Å². The molecule has 0 bridgehead atoms. The molecule has 104 valence electrons. The molecule has 1 unspecified atom stereocenters. The fourth-order valence-electron chi connectivity index (χ4n) is 3.16. The molecule has 3 rings (SSSR count). The van der Waals surface area contributed by atoms with E-state index in [1.165, 1.54) is 43.0 Å². The van der Waals surface area contributed by atoms with Crippen LogP contribution in [0.25, 0.3) is 0 Å². The van der Waals surface area contributed by atoms with Crippen molar-refractivity contribution in [2.24, 2.45) is 0 Å². The molecule has 0 amide bonds. The lowest BCUT2D eigenvalue weighted by Crippen LogP contribution is -2.45. The highest BCUT2D eigenvalue weighted by Gasteiger charge is 2.28. The predicted molar refractivity (Wildman–Crippen MR) is 81.4 cm³/mol. The van der Waals surface area contributed by atoms with Crippen LogP contribution in [0.4, 0.5) is 5.69 Å². The fraction of sp³-hybridized carbons (Fsp3) is 0.600. The van der Waals surface area contributed by atoms with Gasteiger partial charge in [0.25, 0.3) is 0 Å². The summed E-state index contributed by atoms with van der Waals surface area (Å²) in [6.45, 7) is 8.99. The van der Waals surface area contributed by atoms with Gasteiger partial charge in [-0.05, 0) is 25.6 Å². The Morgan fingerprint density at radius 1 is 1.26 bits per heavy atom. The highest BCUT2D eigenvalue weighted by molar-refractivity contribution is 6.32. The van der Waals surface area contributed by atoms with E-state index in [4.69, 9.17) is 11.6 Å². The van der Waals surface area contributed by atoms with Crippen molar-refractivity contribution >= 4 is 17.3 Å². The number of likely N-dealkylation sites (N-methyl/N-ethyl adjacent to an activating group) is 1. The van der Waals surface area contributed by atoms with Gasteiger partial charge in [-0.2, -0.15) is 0 Å². The Morgan fingerprint density at radius 2 is 2.00 bits per heavy atom. The summed E-state index contributed by atoms with van der Waals surface area (Å²) in [7, 11) is 2.20. The lowest BCUT2D eigenvalue weighted by atomic mass is 9.98. The maximum Gasteiger partial charge on any atom is 0.0462 e. The van der Waals surface area contributed by atoms with Crippen LogP contribution in [0.3, 0.4) is 0 Å². The van der Waals surface area contributed by atoms with Crippen molar-refractivity contribution in [3.05, 3.63) is 28.3 Å². The van der Waals surface area contributed by atoms with Crippen LogP contribution >= 0.6 is 11.6 Å². The molecule has 2 heterocycles. The number of hydrogen-bond donors (Lipinski definition) is 1. The Kier molecular flexibility index (Phi) is 3.70. The van der Waals surface area contributed by atoms with Crippen molar-refractivity contribution in [1.29, 1.82) is 0 Å². The molecule has 0 radical (unpaired) electrons. The zero-order valence-electron chi connectivity index (χ0n) is 11.7. The number of rotatable bonds is 2. The number of nitrogens with one attached hydrogen (secondary N) is 1. The lowest BCUT2D eigenvalue weighted by molar-refractivity contribution is 0.149. The summed E-state index contributed by atoms with van der Waals surface area (Å²) in [5, 5.41) is 4.46. The molecule has 0 aliphatic carbocycles. The minimum Gasteiger partial charge on any atom is -0.384 e. The van der Waals surface area contributed by atoms with Gasteiger partial charge in [0.15, 0.2) is 0 Å². The van der Waals surface area contributed by atoms with E-state index in [-0.39, 0.29) is 0 Å². The number of halogens is 1. The Morgan fingerprint density at radius 3 is 2.74 bits per heavy atom. The Hall–Kier alpha value is -0.770. The zero-order chi connectivity index (χ0) is 13.4. The molecular formula is C15H22ClN3. The smallest absolute Gasteiger partial charge is 0.0462 e. The summed E-state index contributed by atoms with van der Waals surface area (Å²) < 4.78 is 0. The molecule has 1 atom stereocenters. The summed E-state index contributed by atoms with van der Waals surface area (Å²) in [5.74, 6) is 0.533. The summed E-state index contributed by atoms with van der Waals surface area (Å²) in [5.41, 5.74) is 3.91. The van der Waals surface area contributed by atoms with Gasteiger partial charge in [-0.15, -0.1) is 0 Å². The van der Waals surface area contributed by atoms with E-state index in [2.05, 4.69) is 35.2 Å². The van der Waals surface area contributed by atoms with Gasteiger partial charge in [0.05, 0.1) is 0 Å². The normalized spacial score (nSPS) is 24.3. The molecule has 0 aromatic heterocycles. The molecule has 0 spiro atoms. The third-order valence-corrected chi connectivity index (χ3v) is 4.74. The molecule has 4 heteroatoms. The van der Waals surface area contributed by atoms with Crippen LogP contribution in [0.5, 0.6) is 0 Å². The average molecular weight is 280 g/mol. The Balaban J connectivity index is 1.74. The van der Waals surface area contributed by atoms with Crippen molar-refractivity contribution in [2.75, 3.05) is 51.6 Å². The van der Waals surface area contributed by atoms with Gasteiger partial charge in [0.2, 0.25) is 0 Å². The van der Waals surface area contributed by atoms with E-state index < -0.39 is 0 Å². The molecule has 1 saturated heterocycles. The van der Waals surface area contributed by atoms with E-state index in [0.717, 1.165) is 18.1 Å². The van der Waals surface area contributed by atoms with Crippen LogP contribution in [-0.4, -0.2) is 56.1 Å². The van der Waals surface area contributed by atoms with Gasteiger partial charge in [-0.25, -0.2) is 0 Å². The molecule has 3 nitrogen and oxygen atoms in total. The summed E-state index contributed by atoms with van der Waals surface area (Å²) in [6.07, 6.45) is 0. The summed E-state index contributed by atoms with van der Waals surface area (Å²) in [6, 6.07) is 4.14. The maximum atomic E-state index is 6.41. The molecule has 1 N–H and O–H groups in total. The first-order valence-corrected chi connectivity index (χ1v) is 7.46. The zero-order valence-corrected chi connectivity index (χ0v) is 12.5. The van der Waals surface area contributed by atoms with E-state index in [9.17, 15) is 0 Å². The van der Waals surface area contributed by atoms with Crippen molar-refractivity contribution in [1.82, 2.24) is 9.80 Å². The van der Waals surface area contributed by atoms with E-state index in [1.807, 2.05) is 6.07 Å². The number of nitrogens with zero attached hydrogens (tertiary/aromatic N) is 2. The standard InChI is InChI=1S/C15H22ClN3/c1-11-3-4-13(16)14-12(9-17-15(11)14)10-19-7-5-18(2)6-8-19/h3-4,12,17H,5-10H2,1-2H3. The van der Waals surface area contributed by atoms with Gasteiger partial charge in [0, 0.05) is 61.5 Å². The van der Waals surface area contributed by atoms with E-state index in [0.29, 0.717) is 5.92 Å². The van der Waals surface area contributed by atoms with Gasteiger partial charge in [-0.3, -0.25) is 0 Å². The highest BCUT2D eigenvalue weighted by atomic mass is 35.5. The first-order valence-electron chi connectivity index (χ1n) is 7.09. The number of piperazine rings is 1. The molecule has 1 aromatic rings. The van der Waals surface area contributed by atoms with Crippen molar-refractivity contribution in [3.63, 3.8) is 0 Å².